The van der Waals surface area contributed by atoms with Crippen LogP contribution in [-0.4, -0.2) is 27.7 Å². The minimum Gasteiger partial charge on any atom is -0.384 e. The van der Waals surface area contributed by atoms with Gasteiger partial charge in [-0.25, -0.2) is 8.42 Å². The van der Waals surface area contributed by atoms with Gasteiger partial charge in [0.15, 0.2) is 0 Å². The molecule has 1 aliphatic carbocycles. The highest BCUT2D eigenvalue weighted by Gasteiger charge is 2.27. The van der Waals surface area contributed by atoms with E-state index in [1.807, 2.05) is 0 Å². The quantitative estimate of drug-likeness (QED) is 0.892. The predicted octanol–water partition coefficient (Wildman–Crippen LogP) is 1.62. The van der Waals surface area contributed by atoms with Crippen molar-refractivity contribution in [2.24, 2.45) is 0 Å². The van der Waals surface area contributed by atoms with E-state index in [-0.39, 0.29) is 6.10 Å². The van der Waals surface area contributed by atoms with Gasteiger partial charge >= 0.3 is 0 Å². The summed E-state index contributed by atoms with van der Waals surface area (Å²) in [6.45, 7) is 1.39. The number of fused-ring (bicyclic) bond motifs is 1. The molecule has 0 radical (unpaired) electrons. The van der Waals surface area contributed by atoms with E-state index < -0.39 is 9.84 Å². The molecule has 0 saturated carbocycles. The molecule has 0 amide bonds. The van der Waals surface area contributed by atoms with Crippen molar-refractivity contribution in [3.05, 3.63) is 53.1 Å². The number of hydrogen-bond acceptors (Lipinski definition) is 4. The van der Waals surface area contributed by atoms with Gasteiger partial charge in [-0.3, -0.25) is 0 Å². The molecule has 1 atom stereocenters. The molecule has 1 N–H and O–H groups in total. The number of sulfone groups is 1. The Balaban J connectivity index is 1.95. The third-order valence-electron chi connectivity index (χ3n) is 3.29. The summed E-state index contributed by atoms with van der Waals surface area (Å²) in [6, 6.07) is 8.50. The predicted molar refractivity (Wildman–Crippen MR) is 72.2 cm³/mol. The van der Waals surface area contributed by atoms with Crippen molar-refractivity contribution >= 4 is 9.84 Å². The minimum absolute atomic E-state index is 0.0246. The number of ether oxygens (including phenoxy) is 1. The van der Waals surface area contributed by atoms with Gasteiger partial charge in [0.1, 0.15) is 6.10 Å². The van der Waals surface area contributed by atoms with Crippen molar-refractivity contribution in [3.63, 3.8) is 0 Å². The summed E-state index contributed by atoms with van der Waals surface area (Å²) < 4.78 is 30.5. The maximum absolute atomic E-state index is 12.5. The zero-order chi connectivity index (χ0) is 13.3. The van der Waals surface area contributed by atoms with Crippen LogP contribution in [0.15, 0.2) is 58.0 Å². The molecule has 100 valence electrons. The summed E-state index contributed by atoms with van der Waals surface area (Å²) in [4.78, 5) is 0.677. The van der Waals surface area contributed by atoms with Crippen LogP contribution in [0.25, 0.3) is 0 Å². The lowest BCUT2D eigenvalue weighted by Crippen LogP contribution is -2.37. The first-order chi connectivity index (χ1) is 9.18. The van der Waals surface area contributed by atoms with Crippen molar-refractivity contribution in [1.82, 2.24) is 5.32 Å². The van der Waals surface area contributed by atoms with Crippen molar-refractivity contribution in [2.75, 3.05) is 13.2 Å². The van der Waals surface area contributed by atoms with Gasteiger partial charge < -0.3 is 10.1 Å². The fraction of sp³-hybridized carbons (Fsp3) is 0.286. The highest BCUT2D eigenvalue weighted by Crippen LogP contribution is 2.28. The molecular weight excluding hydrogens is 262 g/mol. The molecule has 19 heavy (non-hydrogen) atoms. The van der Waals surface area contributed by atoms with Crippen molar-refractivity contribution < 1.29 is 13.2 Å². The lowest BCUT2D eigenvalue weighted by atomic mass is 10.1. The molecule has 5 heteroatoms. The van der Waals surface area contributed by atoms with Gasteiger partial charge in [0, 0.05) is 12.2 Å². The molecule has 1 unspecified atom stereocenters. The summed E-state index contributed by atoms with van der Waals surface area (Å²) in [5.41, 5.74) is 0.864. The third-order valence-corrected chi connectivity index (χ3v) is 5.09. The van der Waals surface area contributed by atoms with Crippen LogP contribution in [0.4, 0.5) is 0 Å². The monoisotopic (exact) mass is 277 g/mol. The van der Waals surface area contributed by atoms with Crippen LogP contribution in [0.2, 0.25) is 0 Å². The molecule has 1 aromatic carbocycles. The van der Waals surface area contributed by atoms with E-state index in [1.54, 1.807) is 42.5 Å². The molecule has 4 nitrogen and oxygen atoms in total. The number of hydrogen-bond donors (Lipinski definition) is 1. The first-order valence-electron chi connectivity index (χ1n) is 6.25. The molecule has 0 spiro atoms. The third kappa shape index (κ3) is 2.31. The van der Waals surface area contributed by atoms with E-state index in [2.05, 4.69) is 5.32 Å². The lowest BCUT2D eigenvalue weighted by molar-refractivity contribution is 0.0548. The highest BCUT2D eigenvalue weighted by atomic mass is 32.2. The van der Waals surface area contributed by atoms with Crippen molar-refractivity contribution in [1.29, 1.82) is 0 Å². The number of benzene rings is 1. The maximum Gasteiger partial charge on any atom is 0.206 e. The highest BCUT2D eigenvalue weighted by molar-refractivity contribution is 7.95. The van der Waals surface area contributed by atoms with Gasteiger partial charge in [0.2, 0.25) is 9.84 Å². The standard InChI is InChI=1S/C14H15NO3S/c16-19(17,11-4-2-1-3-5-11)12-6-7-14-13(10-12)15-8-9-18-14/h1-6,10,14-15H,7-9H2. The number of nitrogens with one attached hydrogen (secondary N) is 1. The molecule has 1 saturated heterocycles. The van der Waals surface area contributed by atoms with E-state index in [4.69, 9.17) is 4.74 Å². The van der Waals surface area contributed by atoms with E-state index in [1.165, 1.54) is 0 Å². The molecule has 1 fully saturated rings. The first kappa shape index (κ1) is 12.4. The van der Waals surface area contributed by atoms with Gasteiger partial charge in [-0.05, 0) is 24.6 Å². The molecular formula is C14H15NO3S. The Hall–Kier alpha value is -1.59. The molecule has 2 aliphatic rings. The Labute approximate surface area is 112 Å². The SMILES string of the molecule is O=S(=O)(C1=CCC2OCCNC2=C1)c1ccccc1. The van der Waals surface area contributed by atoms with Crippen LogP contribution in [0.3, 0.4) is 0 Å². The Morgan fingerprint density at radius 3 is 2.79 bits per heavy atom. The van der Waals surface area contributed by atoms with Crippen LogP contribution < -0.4 is 5.32 Å². The second-order valence-corrected chi connectivity index (χ2v) is 6.49. The molecule has 1 heterocycles. The van der Waals surface area contributed by atoms with Gasteiger partial charge in [-0.2, -0.15) is 0 Å². The Morgan fingerprint density at radius 1 is 1.21 bits per heavy atom. The minimum atomic E-state index is -3.42. The average Bonchev–Trinajstić information content (AvgIpc) is 2.47. The van der Waals surface area contributed by atoms with Crippen molar-refractivity contribution in [3.8, 4) is 0 Å². The fourth-order valence-corrected chi connectivity index (χ4v) is 3.68. The summed E-state index contributed by atoms with van der Waals surface area (Å²) in [5, 5.41) is 3.21. The number of morpholine rings is 1. The maximum atomic E-state index is 12.5. The van der Waals surface area contributed by atoms with E-state index in [9.17, 15) is 8.42 Å². The topological polar surface area (TPSA) is 55.4 Å². The first-order valence-corrected chi connectivity index (χ1v) is 7.73. The fourth-order valence-electron chi connectivity index (χ4n) is 2.30. The molecule has 1 aromatic rings. The summed E-state index contributed by atoms with van der Waals surface area (Å²) in [5.74, 6) is 0. The molecule has 0 bridgehead atoms. The van der Waals surface area contributed by atoms with Crippen molar-refractivity contribution in [2.45, 2.75) is 17.4 Å². The van der Waals surface area contributed by atoms with Crippen LogP contribution in [0.1, 0.15) is 6.42 Å². The van der Waals surface area contributed by atoms with Gasteiger partial charge in [-0.15, -0.1) is 0 Å². The average molecular weight is 277 g/mol. The zero-order valence-corrected chi connectivity index (χ0v) is 11.2. The van der Waals surface area contributed by atoms with Gasteiger partial charge in [0.25, 0.3) is 0 Å². The van der Waals surface area contributed by atoms with E-state index >= 15 is 0 Å². The van der Waals surface area contributed by atoms with Gasteiger partial charge in [-0.1, -0.05) is 24.3 Å². The number of allylic oxidation sites excluding steroid dienone is 1. The van der Waals surface area contributed by atoms with E-state index in [0.717, 1.165) is 12.2 Å². The van der Waals surface area contributed by atoms with Crippen LogP contribution >= 0.6 is 0 Å². The number of rotatable bonds is 2. The smallest absolute Gasteiger partial charge is 0.206 e. The van der Waals surface area contributed by atoms with E-state index in [0.29, 0.717) is 22.8 Å². The zero-order valence-electron chi connectivity index (χ0n) is 10.4. The summed E-state index contributed by atoms with van der Waals surface area (Å²) >= 11 is 0. The summed E-state index contributed by atoms with van der Waals surface area (Å²) in [6.07, 6.45) is 4.00. The molecule has 1 aliphatic heterocycles. The van der Waals surface area contributed by atoms with Crippen LogP contribution in [0, 0.1) is 0 Å². The lowest BCUT2D eigenvalue weighted by Gasteiger charge is -2.29. The van der Waals surface area contributed by atoms with Crippen LogP contribution in [0.5, 0.6) is 0 Å². The van der Waals surface area contributed by atoms with Crippen LogP contribution in [-0.2, 0) is 14.6 Å². The second-order valence-electron chi connectivity index (χ2n) is 4.54. The van der Waals surface area contributed by atoms with Gasteiger partial charge in [0.05, 0.1) is 16.4 Å². The summed E-state index contributed by atoms with van der Waals surface area (Å²) in [7, 11) is -3.42. The normalized spacial score (nSPS) is 22.8. The molecule has 0 aromatic heterocycles. The second kappa shape index (κ2) is 4.83. The Morgan fingerprint density at radius 2 is 2.00 bits per heavy atom. The molecule has 3 rings (SSSR count). The Bertz CT molecular complexity index is 632. The Kier molecular flexibility index (Phi) is 3.16. The largest absolute Gasteiger partial charge is 0.384 e.